The number of unbranched alkanes of at least 4 members (excludes halogenated alkanes) is 2. The van der Waals surface area contributed by atoms with Gasteiger partial charge in [0.05, 0.1) is 39.6 Å². The molecule has 0 aliphatic heterocycles. The van der Waals surface area contributed by atoms with E-state index in [-0.39, 0.29) is 39.6 Å². The van der Waals surface area contributed by atoms with Gasteiger partial charge in [0, 0.05) is 0 Å². The van der Waals surface area contributed by atoms with Gasteiger partial charge in [0.15, 0.2) is 0 Å². The van der Waals surface area contributed by atoms with Gasteiger partial charge in [-0.2, -0.15) is 0 Å². The largest absolute Gasteiger partial charge is 0.508 e. The lowest BCUT2D eigenvalue weighted by atomic mass is 10.3. The predicted molar refractivity (Wildman–Crippen MR) is 88.1 cm³/mol. The molecule has 0 aliphatic carbocycles. The van der Waals surface area contributed by atoms with Crippen LogP contribution in [-0.4, -0.2) is 52.0 Å². The summed E-state index contributed by atoms with van der Waals surface area (Å²) in [6.07, 6.45) is 0.592. The van der Waals surface area contributed by atoms with Crippen LogP contribution in [-0.2, 0) is 32.6 Å². The van der Waals surface area contributed by atoms with Crippen molar-refractivity contribution in [3.63, 3.8) is 0 Å². The maximum atomic E-state index is 11.8. The maximum Gasteiger partial charge on any atom is 0.508 e. The lowest BCUT2D eigenvalue weighted by Gasteiger charge is -2.13. The van der Waals surface area contributed by atoms with E-state index in [1.807, 2.05) is 0 Å². The average molecular weight is 385 g/mol. The molecule has 0 aromatic rings. The van der Waals surface area contributed by atoms with Crippen molar-refractivity contribution >= 4 is 20.1 Å². The molecule has 0 heterocycles. The van der Waals surface area contributed by atoms with Gasteiger partial charge in [-0.1, -0.05) is 0 Å². The van der Waals surface area contributed by atoms with Crippen LogP contribution in [0.5, 0.6) is 0 Å². The molecular formula is C14H28NO9P. The van der Waals surface area contributed by atoms with Crippen molar-refractivity contribution in [1.29, 1.82) is 0 Å². The topological polar surface area (TPSA) is 133 Å². The molecule has 0 radical (unpaired) electrons. The monoisotopic (exact) mass is 385 g/mol. The molecule has 0 aliphatic rings. The standard InChI is InChI=1S/C14H28NO9P/c1-3-19-13(16)21-9-5-7-11-23-25(15,18)24-12-8-6-10-22-14(17)20-4-2/h3-12H2,1-2H3,(H2,15,18). The summed E-state index contributed by atoms with van der Waals surface area (Å²) in [4.78, 5) is 21.8. The van der Waals surface area contributed by atoms with E-state index in [1.165, 1.54) is 0 Å². The fourth-order valence-electron chi connectivity index (χ4n) is 1.46. The highest BCUT2D eigenvalue weighted by molar-refractivity contribution is 7.51. The van der Waals surface area contributed by atoms with Gasteiger partial charge in [0.25, 0.3) is 0 Å². The van der Waals surface area contributed by atoms with Gasteiger partial charge in [-0.05, 0) is 39.5 Å². The number of nitrogens with two attached hydrogens (primary N) is 1. The minimum Gasteiger partial charge on any atom is -0.435 e. The van der Waals surface area contributed by atoms with Crippen molar-refractivity contribution in [2.24, 2.45) is 5.50 Å². The summed E-state index contributed by atoms with van der Waals surface area (Å²) < 4.78 is 40.5. The second-order valence-electron chi connectivity index (χ2n) is 4.68. The lowest BCUT2D eigenvalue weighted by molar-refractivity contribution is 0.0566. The lowest BCUT2D eigenvalue weighted by Crippen LogP contribution is -2.10. The molecule has 0 unspecified atom stereocenters. The minimum absolute atomic E-state index is 0.117. The summed E-state index contributed by atoms with van der Waals surface area (Å²) in [6, 6.07) is 0. The Morgan fingerprint density at radius 1 is 0.720 bits per heavy atom. The van der Waals surface area contributed by atoms with Crippen LogP contribution in [0.25, 0.3) is 0 Å². The first-order valence-corrected chi connectivity index (χ1v) is 9.79. The van der Waals surface area contributed by atoms with Gasteiger partial charge in [-0.15, -0.1) is 0 Å². The summed E-state index contributed by atoms with van der Waals surface area (Å²) in [6.45, 7) is 4.46. The van der Waals surface area contributed by atoms with Gasteiger partial charge in [0.2, 0.25) is 0 Å². The molecule has 148 valence electrons. The SMILES string of the molecule is CCOC(=O)OCCCCOP(N)(=O)OCCCCOC(=O)OCC. The molecular weight excluding hydrogens is 357 g/mol. The van der Waals surface area contributed by atoms with Crippen molar-refractivity contribution < 1.29 is 42.1 Å². The van der Waals surface area contributed by atoms with E-state index in [2.05, 4.69) is 9.47 Å². The van der Waals surface area contributed by atoms with E-state index in [9.17, 15) is 14.2 Å². The van der Waals surface area contributed by atoms with Crippen LogP contribution in [0.3, 0.4) is 0 Å². The smallest absolute Gasteiger partial charge is 0.435 e. The van der Waals surface area contributed by atoms with Crippen LogP contribution < -0.4 is 5.50 Å². The van der Waals surface area contributed by atoms with Gasteiger partial charge in [-0.3, -0.25) is 9.05 Å². The fraction of sp³-hybridized carbons (Fsp3) is 0.857. The van der Waals surface area contributed by atoms with Gasteiger partial charge >= 0.3 is 20.1 Å². The van der Waals surface area contributed by atoms with E-state index < -0.39 is 20.1 Å². The minimum atomic E-state index is -3.61. The number of carbonyl (C=O) groups is 2. The van der Waals surface area contributed by atoms with E-state index in [4.69, 9.17) is 24.0 Å². The van der Waals surface area contributed by atoms with Crippen molar-refractivity contribution in [3.05, 3.63) is 0 Å². The highest BCUT2D eigenvalue weighted by Gasteiger charge is 2.17. The zero-order valence-electron chi connectivity index (χ0n) is 14.8. The highest BCUT2D eigenvalue weighted by atomic mass is 31.2. The number of rotatable bonds is 14. The molecule has 2 N–H and O–H groups in total. The Bertz CT molecular complexity index is 385. The summed E-state index contributed by atoms with van der Waals surface area (Å²) in [7, 11) is -3.61. The predicted octanol–water partition coefficient (Wildman–Crippen LogP) is 2.99. The third-order valence-corrected chi connectivity index (χ3v) is 3.67. The Hall–Kier alpha value is -1.35. The van der Waals surface area contributed by atoms with Crippen LogP contribution in [0.1, 0.15) is 39.5 Å². The van der Waals surface area contributed by atoms with Crippen LogP contribution in [0.2, 0.25) is 0 Å². The molecule has 10 nitrogen and oxygen atoms in total. The van der Waals surface area contributed by atoms with Crippen molar-refractivity contribution in [1.82, 2.24) is 0 Å². The summed E-state index contributed by atoms with van der Waals surface area (Å²) >= 11 is 0. The number of hydrogen-bond acceptors (Lipinski definition) is 9. The van der Waals surface area contributed by atoms with Gasteiger partial charge < -0.3 is 18.9 Å². The average Bonchev–Trinajstić information content (AvgIpc) is 2.54. The Morgan fingerprint density at radius 2 is 1.08 bits per heavy atom. The van der Waals surface area contributed by atoms with Crippen LogP contribution in [0.15, 0.2) is 0 Å². The van der Waals surface area contributed by atoms with E-state index >= 15 is 0 Å². The first-order valence-electron chi connectivity index (χ1n) is 8.18. The van der Waals surface area contributed by atoms with Gasteiger partial charge in [-0.25, -0.2) is 19.7 Å². The second-order valence-corrected chi connectivity index (χ2v) is 6.28. The molecule has 0 amide bonds. The van der Waals surface area contributed by atoms with Crippen molar-refractivity contribution in [2.75, 3.05) is 39.6 Å². The number of carbonyl (C=O) groups excluding carboxylic acids is 2. The zero-order valence-corrected chi connectivity index (χ0v) is 15.7. The molecule has 25 heavy (non-hydrogen) atoms. The third kappa shape index (κ3) is 15.9. The quantitative estimate of drug-likeness (QED) is 0.270. The fourth-order valence-corrected chi connectivity index (χ4v) is 2.30. The first kappa shape index (κ1) is 23.6. The Kier molecular flexibility index (Phi) is 14.1. The van der Waals surface area contributed by atoms with E-state index in [1.54, 1.807) is 13.8 Å². The van der Waals surface area contributed by atoms with E-state index in [0.717, 1.165) is 0 Å². The molecule has 0 saturated heterocycles. The normalized spacial score (nSPS) is 11.0. The number of hydrogen-bond donors (Lipinski definition) is 1. The molecule has 0 bridgehead atoms. The van der Waals surface area contributed by atoms with Crippen LogP contribution in [0, 0.1) is 0 Å². The van der Waals surface area contributed by atoms with E-state index in [0.29, 0.717) is 25.7 Å². The molecule has 0 saturated carbocycles. The molecule has 0 spiro atoms. The van der Waals surface area contributed by atoms with Crippen molar-refractivity contribution in [2.45, 2.75) is 39.5 Å². The first-order chi connectivity index (χ1) is 11.9. The highest BCUT2D eigenvalue weighted by Crippen LogP contribution is 2.39. The third-order valence-electron chi connectivity index (χ3n) is 2.58. The molecule has 0 fully saturated rings. The second kappa shape index (κ2) is 14.9. The van der Waals surface area contributed by atoms with Crippen LogP contribution in [0.4, 0.5) is 9.59 Å². The molecule has 0 atom stereocenters. The number of ether oxygens (including phenoxy) is 4. The van der Waals surface area contributed by atoms with Crippen LogP contribution >= 0.6 is 7.75 Å². The molecule has 0 aromatic heterocycles. The summed E-state index contributed by atoms with van der Waals surface area (Å²) in [5.74, 6) is 0. The van der Waals surface area contributed by atoms with Gasteiger partial charge in [0.1, 0.15) is 0 Å². The molecule has 11 heteroatoms. The Labute approximate surface area is 147 Å². The molecule has 0 rings (SSSR count). The van der Waals surface area contributed by atoms with Crippen molar-refractivity contribution in [3.8, 4) is 0 Å². The zero-order chi connectivity index (χ0) is 19.0. The summed E-state index contributed by atoms with van der Waals surface area (Å²) in [5.41, 5.74) is 5.42. The Balaban J connectivity index is 3.54. The molecule has 0 aromatic carbocycles. The summed E-state index contributed by atoms with van der Waals surface area (Å²) in [5, 5.41) is 0. The maximum absolute atomic E-state index is 11.8. The Morgan fingerprint density at radius 3 is 1.44 bits per heavy atom.